The van der Waals surface area contributed by atoms with Crippen LogP contribution in [0, 0.1) is 24.2 Å². The number of halogens is 1. The minimum absolute atomic E-state index is 0.345. The van der Waals surface area contributed by atoms with Crippen LogP contribution in [0.15, 0.2) is 18.2 Å². The van der Waals surface area contributed by atoms with Gasteiger partial charge in [-0.2, -0.15) is 0 Å². The summed E-state index contributed by atoms with van der Waals surface area (Å²) >= 11 is 5.61. The molecule has 0 spiro atoms. The van der Waals surface area contributed by atoms with Crippen molar-refractivity contribution >= 4 is 11.6 Å². The Kier molecular flexibility index (Phi) is 6.25. The van der Waals surface area contributed by atoms with Crippen LogP contribution < -0.4 is 4.74 Å². The van der Waals surface area contributed by atoms with E-state index in [-0.39, 0.29) is 0 Å². The molecule has 104 valence electrons. The van der Waals surface area contributed by atoms with Gasteiger partial charge in [0.25, 0.3) is 0 Å². The highest BCUT2D eigenvalue weighted by Crippen LogP contribution is 2.22. The zero-order valence-electron chi connectivity index (χ0n) is 12.3. The second-order valence-electron chi connectivity index (χ2n) is 5.95. The molecule has 0 N–H and O–H groups in total. The van der Waals surface area contributed by atoms with Gasteiger partial charge < -0.3 is 4.74 Å². The number of benzene rings is 1. The van der Waals surface area contributed by atoms with Crippen molar-refractivity contribution in [2.24, 2.45) is 5.41 Å². The normalized spacial score (nSPS) is 10.8. The lowest BCUT2D eigenvalue weighted by Gasteiger charge is -2.18. The Balaban J connectivity index is 2.62. The molecule has 0 aliphatic heterocycles. The molecule has 1 rings (SSSR count). The summed E-state index contributed by atoms with van der Waals surface area (Å²) in [4.78, 5) is 0. The van der Waals surface area contributed by atoms with E-state index in [0.29, 0.717) is 11.3 Å². The van der Waals surface area contributed by atoms with Crippen molar-refractivity contribution in [3.8, 4) is 17.6 Å². The fourth-order valence-electron chi connectivity index (χ4n) is 1.78. The molecule has 0 heterocycles. The molecular formula is C17H23ClO. The predicted octanol–water partition coefficient (Wildman–Crippen LogP) is 4.79. The molecule has 0 amide bonds. The maximum absolute atomic E-state index is 5.84. The van der Waals surface area contributed by atoms with Crippen LogP contribution in [0.4, 0.5) is 0 Å². The van der Waals surface area contributed by atoms with E-state index >= 15 is 0 Å². The first-order valence-electron chi connectivity index (χ1n) is 6.71. The van der Waals surface area contributed by atoms with Gasteiger partial charge in [0, 0.05) is 0 Å². The highest BCUT2D eigenvalue weighted by molar-refractivity contribution is 6.19. The Morgan fingerprint density at radius 2 is 2.00 bits per heavy atom. The Bertz CT molecular complexity index is 460. The Morgan fingerprint density at radius 1 is 1.26 bits per heavy atom. The van der Waals surface area contributed by atoms with E-state index in [1.54, 1.807) is 0 Å². The Morgan fingerprint density at radius 3 is 2.63 bits per heavy atom. The minimum Gasteiger partial charge on any atom is -0.492 e. The fraction of sp³-hybridized carbons (Fsp3) is 0.529. The highest BCUT2D eigenvalue weighted by atomic mass is 35.5. The molecule has 0 fully saturated rings. The monoisotopic (exact) mass is 278 g/mol. The molecule has 0 atom stereocenters. The molecule has 0 aliphatic carbocycles. The summed E-state index contributed by atoms with van der Waals surface area (Å²) in [5.74, 6) is 7.14. The largest absolute Gasteiger partial charge is 0.492 e. The predicted molar refractivity (Wildman–Crippen MR) is 83.0 cm³/mol. The zero-order chi connectivity index (χ0) is 14.3. The lowest BCUT2D eigenvalue weighted by atomic mass is 9.91. The number of aryl methyl sites for hydroxylation is 1. The van der Waals surface area contributed by atoms with Crippen molar-refractivity contribution in [2.45, 2.75) is 40.5 Å². The average Bonchev–Trinajstić information content (AvgIpc) is 2.32. The third-order valence-electron chi connectivity index (χ3n) is 2.75. The van der Waals surface area contributed by atoms with Gasteiger partial charge in [0.05, 0.1) is 18.1 Å². The van der Waals surface area contributed by atoms with Crippen LogP contribution in [-0.2, 0) is 0 Å². The van der Waals surface area contributed by atoms with Gasteiger partial charge in [0.1, 0.15) is 5.75 Å². The van der Waals surface area contributed by atoms with E-state index in [2.05, 4.69) is 39.5 Å². The summed E-state index contributed by atoms with van der Waals surface area (Å²) in [6, 6.07) is 6.08. The number of alkyl halides is 1. The van der Waals surface area contributed by atoms with Crippen LogP contribution in [0.25, 0.3) is 0 Å². The Hall–Kier alpha value is -1.13. The maximum Gasteiger partial charge on any atom is 0.134 e. The number of hydrogen-bond donors (Lipinski definition) is 0. The Labute approximate surface area is 122 Å². The summed E-state index contributed by atoms with van der Waals surface area (Å²) in [6.45, 7) is 9.52. The summed E-state index contributed by atoms with van der Waals surface area (Å²) in [6.07, 6.45) is 2.21. The van der Waals surface area contributed by atoms with Gasteiger partial charge in [-0.1, -0.05) is 38.7 Å². The van der Waals surface area contributed by atoms with Gasteiger partial charge in [-0.3, -0.25) is 0 Å². The van der Waals surface area contributed by atoms with Crippen molar-refractivity contribution in [1.82, 2.24) is 0 Å². The first-order valence-corrected chi connectivity index (χ1v) is 7.24. The van der Waals surface area contributed by atoms with Gasteiger partial charge in [0.2, 0.25) is 0 Å². The SMILES string of the molecule is Cc1ccc(OCCCC(C)(C)C)c(C#CCCl)c1. The first kappa shape index (κ1) is 15.9. The van der Waals surface area contributed by atoms with Crippen LogP contribution in [0.2, 0.25) is 0 Å². The molecule has 1 aromatic rings. The molecule has 19 heavy (non-hydrogen) atoms. The van der Waals surface area contributed by atoms with Crippen molar-refractivity contribution in [3.05, 3.63) is 29.3 Å². The topological polar surface area (TPSA) is 9.23 Å². The summed E-state index contributed by atoms with van der Waals surface area (Å²) in [5.41, 5.74) is 2.47. The molecule has 2 heteroatoms. The second kappa shape index (κ2) is 7.46. The van der Waals surface area contributed by atoms with E-state index in [9.17, 15) is 0 Å². The molecule has 1 nitrogen and oxygen atoms in total. The molecule has 0 bridgehead atoms. The third-order valence-corrected chi connectivity index (χ3v) is 2.89. The van der Waals surface area contributed by atoms with Crippen molar-refractivity contribution in [1.29, 1.82) is 0 Å². The molecule has 0 aliphatic rings. The summed E-state index contributed by atoms with van der Waals surface area (Å²) < 4.78 is 5.84. The standard InChI is InChI=1S/C17H23ClO/c1-14-8-9-16(15(13-14)7-5-11-18)19-12-6-10-17(2,3)4/h8-9,13H,6,10-12H2,1-4H3. The van der Waals surface area contributed by atoms with Crippen LogP contribution in [0.5, 0.6) is 5.75 Å². The lowest BCUT2D eigenvalue weighted by molar-refractivity contribution is 0.268. The van der Waals surface area contributed by atoms with Crippen LogP contribution >= 0.6 is 11.6 Å². The number of rotatable bonds is 4. The van der Waals surface area contributed by atoms with Crippen LogP contribution in [0.1, 0.15) is 44.7 Å². The number of ether oxygens (including phenoxy) is 1. The van der Waals surface area contributed by atoms with Gasteiger partial charge in [-0.05, 0) is 42.9 Å². The molecular weight excluding hydrogens is 256 g/mol. The van der Waals surface area contributed by atoms with E-state index < -0.39 is 0 Å². The van der Waals surface area contributed by atoms with E-state index in [4.69, 9.17) is 16.3 Å². The third kappa shape index (κ3) is 6.55. The van der Waals surface area contributed by atoms with Gasteiger partial charge in [-0.15, -0.1) is 11.6 Å². The second-order valence-corrected chi connectivity index (χ2v) is 6.21. The molecule has 0 unspecified atom stereocenters. The molecule has 0 saturated heterocycles. The van der Waals surface area contributed by atoms with Crippen LogP contribution in [-0.4, -0.2) is 12.5 Å². The zero-order valence-corrected chi connectivity index (χ0v) is 13.1. The minimum atomic E-state index is 0.345. The van der Waals surface area contributed by atoms with E-state index in [1.165, 1.54) is 5.56 Å². The average molecular weight is 279 g/mol. The lowest BCUT2D eigenvalue weighted by Crippen LogP contribution is -2.08. The van der Waals surface area contributed by atoms with Gasteiger partial charge >= 0.3 is 0 Å². The van der Waals surface area contributed by atoms with Crippen molar-refractivity contribution in [3.63, 3.8) is 0 Å². The van der Waals surface area contributed by atoms with Gasteiger partial charge in [-0.25, -0.2) is 0 Å². The number of hydrogen-bond acceptors (Lipinski definition) is 1. The van der Waals surface area contributed by atoms with Crippen LogP contribution in [0.3, 0.4) is 0 Å². The summed E-state index contributed by atoms with van der Waals surface area (Å²) in [5, 5.41) is 0. The quantitative estimate of drug-likeness (QED) is 0.437. The molecule has 0 saturated carbocycles. The highest BCUT2D eigenvalue weighted by Gasteiger charge is 2.09. The molecule has 1 aromatic carbocycles. The van der Waals surface area contributed by atoms with E-state index in [0.717, 1.165) is 30.8 Å². The molecule has 0 aromatic heterocycles. The van der Waals surface area contributed by atoms with Gasteiger partial charge in [0.15, 0.2) is 0 Å². The van der Waals surface area contributed by atoms with Crippen molar-refractivity contribution < 1.29 is 4.74 Å². The van der Waals surface area contributed by atoms with E-state index in [1.807, 2.05) is 18.2 Å². The maximum atomic E-state index is 5.84. The summed E-state index contributed by atoms with van der Waals surface area (Å²) in [7, 11) is 0. The first-order chi connectivity index (χ1) is 8.92. The molecule has 0 radical (unpaired) electrons. The van der Waals surface area contributed by atoms with Crippen molar-refractivity contribution in [2.75, 3.05) is 12.5 Å². The fourth-order valence-corrected chi connectivity index (χ4v) is 1.85. The smallest absolute Gasteiger partial charge is 0.134 e.